The quantitative estimate of drug-likeness (QED) is 0.730. The number of nitrogens with zero attached hydrogens (tertiary/aromatic N) is 3. The molecule has 66 valence electrons. The van der Waals surface area contributed by atoms with E-state index in [-0.39, 0.29) is 0 Å². The first-order valence-electron chi connectivity index (χ1n) is 3.94. The second-order valence-corrected chi connectivity index (χ2v) is 3.06. The molecule has 0 unspecified atom stereocenters. The molecule has 0 aliphatic rings. The van der Waals surface area contributed by atoms with Crippen LogP contribution in [0.15, 0.2) is 36.7 Å². The van der Waals surface area contributed by atoms with Crippen molar-refractivity contribution in [2.45, 2.75) is 6.54 Å². The molecular weight excluding hydrogens is 186 g/mol. The Bertz CT molecular complexity index is 384. The van der Waals surface area contributed by atoms with Gasteiger partial charge in [-0.05, 0) is 11.6 Å². The summed E-state index contributed by atoms with van der Waals surface area (Å²) in [6, 6.07) is 7.68. The fraction of sp³-hybridized carbons (Fsp3) is 0.111. The molecule has 1 aromatic heterocycles. The minimum atomic E-state index is 0.618. The van der Waals surface area contributed by atoms with Gasteiger partial charge in [0.05, 0.1) is 18.9 Å². The van der Waals surface area contributed by atoms with Crippen LogP contribution in [0.5, 0.6) is 0 Å². The van der Waals surface area contributed by atoms with Crippen LogP contribution in [0.1, 0.15) is 5.56 Å². The molecule has 0 atom stereocenters. The molecule has 3 nitrogen and oxygen atoms in total. The summed E-state index contributed by atoms with van der Waals surface area (Å²) in [5, 5.41) is 8.75. The largest absolute Gasteiger partial charge is 0.180 e. The molecule has 0 aliphatic carbocycles. The zero-order valence-electron chi connectivity index (χ0n) is 6.89. The maximum Gasteiger partial charge on any atom is 0.0871 e. The predicted molar refractivity (Wildman–Crippen MR) is 50.6 cm³/mol. The molecule has 0 saturated heterocycles. The Kier molecular flexibility index (Phi) is 2.27. The third-order valence-electron chi connectivity index (χ3n) is 1.74. The number of aromatic nitrogens is 3. The molecule has 2 rings (SSSR count). The van der Waals surface area contributed by atoms with Gasteiger partial charge in [0.1, 0.15) is 0 Å². The second kappa shape index (κ2) is 3.58. The molecule has 0 radical (unpaired) electrons. The third kappa shape index (κ3) is 1.87. The van der Waals surface area contributed by atoms with Crippen LogP contribution in [-0.2, 0) is 6.54 Å². The Balaban J connectivity index is 2.24. The molecular formula is C9H8ClN3. The van der Waals surface area contributed by atoms with Gasteiger partial charge in [0, 0.05) is 5.02 Å². The molecule has 0 aliphatic heterocycles. The van der Waals surface area contributed by atoms with Crippen LogP contribution in [0.2, 0.25) is 5.02 Å². The van der Waals surface area contributed by atoms with Crippen molar-refractivity contribution >= 4 is 11.6 Å². The molecule has 4 heteroatoms. The van der Waals surface area contributed by atoms with Crippen molar-refractivity contribution in [1.29, 1.82) is 0 Å². The van der Waals surface area contributed by atoms with Crippen LogP contribution < -0.4 is 0 Å². The molecule has 0 amide bonds. The highest BCUT2D eigenvalue weighted by Crippen LogP contribution is 2.14. The minimum Gasteiger partial charge on any atom is -0.180 e. The Morgan fingerprint density at radius 2 is 1.85 bits per heavy atom. The van der Waals surface area contributed by atoms with Gasteiger partial charge in [-0.15, -0.1) is 0 Å². The van der Waals surface area contributed by atoms with E-state index in [1.54, 1.807) is 17.2 Å². The highest BCUT2D eigenvalue weighted by molar-refractivity contribution is 6.31. The van der Waals surface area contributed by atoms with Gasteiger partial charge in [-0.1, -0.05) is 29.8 Å². The molecule has 1 heterocycles. The van der Waals surface area contributed by atoms with Crippen molar-refractivity contribution in [3.05, 3.63) is 47.2 Å². The van der Waals surface area contributed by atoms with E-state index in [1.807, 2.05) is 24.3 Å². The molecule has 0 bridgehead atoms. The zero-order valence-corrected chi connectivity index (χ0v) is 7.65. The van der Waals surface area contributed by atoms with Crippen LogP contribution in [0.4, 0.5) is 0 Å². The van der Waals surface area contributed by atoms with Crippen LogP contribution in [0, 0.1) is 0 Å². The molecule has 0 saturated carbocycles. The van der Waals surface area contributed by atoms with Gasteiger partial charge in [-0.3, -0.25) is 0 Å². The first-order chi connectivity index (χ1) is 6.36. The molecule has 2 aromatic rings. The van der Waals surface area contributed by atoms with Crippen molar-refractivity contribution in [3.63, 3.8) is 0 Å². The summed E-state index contributed by atoms with van der Waals surface area (Å²) in [5.41, 5.74) is 1.03. The van der Waals surface area contributed by atoms with Crippen LogP contribution >= 0.6 is 11.6 Å². The molecule has 0 spiro atoms. The van der Waals surface area contributed by atoms with E-state index in [4.69, 9.17) is 11.6 Å². The molecule has 1 aromatic carbocycles. The summed E-state index contributed by atoms with van der Waals surface area (Å²) >= 11 is 5.97. The van der Waals surface area contributed by atoms with E-state index in [2.05, 4.69) is 10.2 Å². The van der Waals surface area contributed by atoms with Gasteiger partial charge in [0.15, 0.2) is 0 Å². The van der Waals surface area contributed by atoms with E-state index in [0.29, 0.717) is 6.54 Å². The standard InChI is InChI=1S/C9H8ClN3/c10-9-4-2-1-3-8(9)7-13-11-5-6-12-13/h1-6H,7H2. The average molecular weight is 194 g/mol. The van der Waals surface area contributed by atoms with E-state index < -0.39 is 0 Å². The number of halogens is 1. The zero-order chi connectivity index (χ0) is 9.10. The number of hydrogen-bond acceptors (Lipinski definition) is 2. The lowest BCUT2D eigenvalue weighted by molar-refractivity contribution is 0.591. The van der Waals surface area contributed by atoms with Crippen molar-refractivity contribution in [1.82, 2.24) is 15.0 Å². The first kappa shape index (κ1) is 8.26. The third-order valence-corrected chi connectivity index (χ3v) is 2.10. The number of rotatable bonds is 2. The monoisotopic (exact) mass is 193 g/mol. The number of benzene rings is 1. The second-order valence-electron chi connectivity index (χ2n) is 2.65. The van der Waals surface area contributed by atoms with Crippen LogP contribution in [0.25, 0.3) is 0 Å². The van der Waals surface area contributed by atoms with Crippen molar-refractivity contribution < 1.29 is 0 Å². The fourth-order valence-electron chi connectivity index (χ4n) is 1.10. The lowest BCUT2D eigenvalue weighted by atomic mass is 10.2. The normalized spacial score (nSPS) is 10.2. The summed E-state index contributed by atoms with van der Waals surface area (Å²) in [5.74, 6) is 0. The summed E-state index contributed by atoms with van der Waals surface area (Å²) in [7, 11) is 0. The lowest BCUT2D eigenvalue weighted by Crippen LogP contribution is -2.03. The highest BCUT2D eigenvalue weighted by atomic mass is 35.5. The number of hydrogen-bond donors (Lipinski definition) is 0. The van der Waals surface area contributed by atoms with Crippen molar-refractivity contribution in [3.8, 4) is 0 Å². The van der Waals surface area contributed by atoms with Gasteiger partial charge in [0.2, 0.25) is 0 Å². The lowest BCUT2D eigenvalue weighted by Gasteiger charge is -2.01. The fourth-order valence-corrected chi connectivity index (χ4v) is 1.30. The Hall–Kier alpha value is -1.35. The summed E-state index contributed by atoms with van der Waals surface area (Å²) < 4.78 is 0. The minimum absolute atomic E-state index is 0.618. The maximum atomic E-state index is 5.97. The van der Waals surface area contributed by atoms with E-state index >= 15 is 0 Å². The highest BCUT2D eigenvalue weighted by Gasteiger charge is 1.99. The smallest absolute Gasteiger partial charge is 0.0871 e. The molecule has 0 fully saturated rings. The summed E-state index contributed by atoms with van der Waals surface area (Å²) in [6.45, 7) is 0.618. The predicted octanol–water partition coefficient (Wildman–Crippen LogP) is 1.98. The topological polar surface area (TPSA) is 30.7 Å². The van der Waals surface area contributed by atoms with Gasteiger partial charge in [-0.25, -0.2) is 0 Å². The summed E-state index contributed by atoms with van der Waals surface area (Å²) in [4.78, 5) is 1.60. The summed E-state index contributed by atoms with van der Waals surface area (Å²) in [6.07, 6.45) is 3.30. The van der Waals surface area contributed by atoms with Crippen molar-refractivity contribution in [2.24, 2.45) is 0 Å². The van der Waals surface area contributed by atoms with E-state index in [9.17, 15) is 0 Å². The van der Waals surface area contributed by atoms with Crippen LogP contribution in [0.3, 0.4) is 0 Å². The molecule has 0 N–H and O–H groups in total. The van der Waals surface area contributed by atoms with Gasteiger partial charge < -0.3 is 0 Å². The maximum absolute atomic E-state index is 5.97. The SMILES string of the molecule is Clc1ccccc1Cn1nccn1. The Morgan fingerprint density at radius 1 is 1.15 bits per heavy atom. The van der Waals surface area contributed by atoms with Gasteiger partial charge in [-0.2, -0.15) is 15.0 Å². The Labute approximate surface area is 81.0 Å². The average Bonchev–Trinajstić information content (AvgIpc) is 2.61. The first-order valence-corrected chi connectivity index (χ1v) is 4.31. The van der Waals surface area contributed by atoms with Gasteiger partial charge >= 0.3 is 0 Å². The van der Waals surface area contributed by atoms with Crippen molar-refractivity contribution in [2.75, 3.05) is 0 Å². The van der Waals surface area contributed by atoms with E-state index in [1.165, 1.54) is 0 Å². The van der Waals surface area contributed by atoms with Crippen LogP contribution in [-0.4, -0.2) is 15.0 Å². The van der Waals surface area contributed by atoms with Gasteiger partial charge in [0.25, 0.3) is 0 Å². The molecule has 13 heavy (non-hydrogen) atoms. The van der Waals surface area contributed by atoms with E-state index in [0.717, 1.165) is 10.6 Å². The Morgan fingerprint density at radius 3 is 2.54 bits per heavy atom.